The summed E-state index contributed by atoms with van der Waals surface area (Å²) in [6.07, 6.45) is 0.711. The fraction of sp³-hybridized carbons (Fsp3) is 0.467. The number of hydrogen-bond donors (Lipinski definition) is 3. The highest BCUT2D eigenvalue weighted by Crippen LogP contribution is 2.12. The number of amides is 2. The average molecular weight is 312 g/mol. The van der Waals surface area contributed by atoms with Gasteiger partial charge in [-0.15, -0.1) is 0 Å². The van der Waals surface area contributed by atoms with Gasteiger partial charge in [-0.25, -0.2) is 9.18 Å². The van der Waals surface area contributed by atoms with Gasteiger partial charge in [-0.1, -0.05) is 12.1 Å². The molecule has 6 nitrogen and oxygen atoms in total. The summed E-state index contributed by atoms with van der Waals surface area (Å²) in [5.41, 5.74) is 0.528. The van der Waals surface area contributed by atoms with Crippen molar-refractivity contribution < 1.29 is 23.8 Å². The van der Waals surface area contributed by atoms with E-state index < -0.39 is 12.1 Å². The Kier molecular flexibility index (Phi) is 7.91. The van der Waals surface area contributed by atoms with Crippen LogP contribution >= 0.6 is 0 Å². The van der Waals surface area contributed by atoms with Crippen LogP contribution in [0.25, 0.3) is 0 Å². The number of aliphatic hydroxyl groups is 1. The number of unbranched alkanes of at least 4 members (excludes halogenated alkanes) is 1. The zero-order valence-electron chi connectivity index (χ0n) is 12.5. The molecule has 22 heavy (non-hydrogen) atoms. The predicted molar refractivity (Wildman–Crippen MR) is 78.6 cm³/mol. The van der Waals surface area contributed by atoms with Crippen LogP contribution in [-0.2, 0) is 9.53 Å². The Bertz CT molecular complexity index is 479. The minimum absolute atomic E-state index is 0.0274. The molecule has 1 rings (SSSR count). The molecule has 0 bridgehead atoms. The summed E-state index contributed by atoms with van der Waals surface area (Å²) in [7, 11) is 1.33. The molecule has 7 heteroatoms. The van der Waals surface area contributed by atoms with Crippen LogP contribution in [-0.4, -0.2) is 37.3 Å². The molecule has 0 radical (unpaired) electrons. The minimum Gasteiger partial charge on any atom is -0.469 e. The monoisotopic (exact) mass is 312 g/mol. The Labute approximate surface area is 128 Å². The summed E-state index contributed by atoms with van der Waals surface area (Å²) in [6.45, 7) is 0.453. The van der Waals surface area contributed by atoms with Crippen molar-refractivity contribution in [1.29, 1.82) is 0 Å². The summed E-state index contributed by atoms with van der Waals surface area (Å²) in [5.74, 6) is -0.652. The quantitative estimate of drug-likeness (QED) is 0.501. The van der Waals surface area contributed by atoms with E-state index in [1.54, 1.807) is 0 Å². The molecule has 1 aromatic carbocycles. The lowest BCUT2D eigenvalue weighted by Crippen LogP contribution is -2.38. The van der Waals surface area contributed by atoms with E-state index in [-0.39, 0.29) is 18.3 Å². The first-order chi connectivity index (χ1) is 10.5. The van der Waals surface area contributed by atoms with Crippen LogP contribution in [0, 0.1) is 5.82 Å². The number of carbonyl (C=O) groups excluding carboxylic acids is 2. The number of ether oxygens (including phenoxy) is 1. The van der Waals surface area contributed by atoms with Crippen LogP contribution in [0.4, 0.5) is 9.18 Å². The van der Waals surface area contributed by atoms with Crippen molar-refractivity contribution in [2.24, 2.45) is 0 Å². The Balaban J connectivity index is 2.15. The molecule has 1 aromatic rings. The largest absolute Gasteiger partial charge is 0.469 e. The molecule has 0 fully saturated rings. The van der Waals surface area contributed by atoms with Gasteiger partial charge in [0.2, 0.25) is 0 Å². The number of urea groups is 1. The van der Waals surface area contributed by atoms with Crippen LogP contribution in [0.15, 0.2) is 24.3 Å². The van der Waals surface area contributed by atoms with Gasteiger partial charge in [-0.05, 0) is 30.5 Å². The van der Waals surface area contributed by atoms with Crippen LogP contribution in [0.1, 0.15) is 30.9 Å². The SMILES string of the molecule is COC(=O)CCCCNC(=O)NCC(O)c1ccc(F)cc1. The van der Waals surface area contributed by atoms with E-state index in [9.17, 15) is 19.1 Å². The summed E-state index contributed by atoms with van der Waals surface area (Å²) < 4.78 is 17.3. The number of hydrogen-bond acceptors (Lipinski definition) is 4. The topological polar surface area (TPSA) is 87.7 Å². The Hall–Kier alpha value is -2.15. The van der Waals surface area contributed by atoms with Crippen LogP contribution in [0.5, 0.6) is 0 Å². The van der Waals surface area contributed by atoms with Gasteiger partial charge in [-0.2, -0.15) is 0 Å². The van der Waals surface area contributed by atoms with Crippen LogP contribution in [0.3, 0.4) is 0 Å². The maximum atomic E-state index is 12.7. The number of methoxy groups -OCH3 is 1. The molecule has 2 amide bonds. The van der Waals surface area contributed by atoms with Gasteiger partial charge in [0.1, 0.15) is 5.82 Å². The molecule has 0 spiro atoms. The number of carbonyl (C=O) groups is 2. The molecule has 0 aliphatic heterocycles. The molecule has 1 unspecified atom stereocenters. The lowest BCUT2D eigenvalue weighted by atomic mass is 10.1. The standard InChI is InChI=1S/C15H21FN2O4/c1-22-14(20)4-2-3-9-17-15(21)18-10-13(19)11-5-7-12(16)8-6-11/h5-8,13,19H,2-4,9-10H2,1H3,(H2,17,18,21). The lowest BCUT2D eigenvalue weighted by Gasteiger charge is -2.13. The summed E-state index contributed by atoms with van der Waals surface area (Å²) in [4.78, 5) is 22.4. The Morgan fingerprint density at radius 2 is 1.91 bits per heavy atom. The van der Waals surface area contributed by atoms with E-state index in [0.29, 0.717) is 31.4 Å². The van der Waals surface area contributed by atoms with E-state index in [1.165, 1.54) is 31.4 Å². The smallest absolute Gasteiger partial charge is 0.314 e. The highest BCUT2D eigenvalue weighted by atomic mass is 19.1. The third kappa shape index (κ3) is 7.03. The van der Waals surface area contributed by atoms with Crippen LogP contribution in [0.2, 0.25) is 0 Å². The zero-order chi connectivity index (χ0) is 16.4. The molecule has 3 N–H and O–H groups in total. The highest BCUT2D eigenvalue weighted by Gasteiger charge is 2.09. The molecule has 0 saturated heterocycles. The second kappa shape index (κ2) is 9.73. The highest BCUT2D eigenvalue weighted by molar-refractivity contribution is 5.73. The van der Waals surface area contributed by atoms with E-state index in [4.69, 9.17) is 0 Å². The van der Waals surface area contributed by atoms with Gasteiger partial charge < -0.3 is 20.5 Å². The lowest BCUT2D eigenvalue weighted by molar-refractivity contribution is -0.140. The van der Waals surface area contributed by atoms with E-state index in [2.05, 4.69) is 15.4 Å². The van der Waals surface area contributed by atoms with E-state index in [1.807, 2.05) is 0 Å². The third-order valence-electron chi connectivity index (χ3n) is 3.03. The number of nitrogens with one attached hydrogen (secondary N) is 2. The maximum Gasteiger partial charge on any atom is 0.314 e. The molecule has 122 valence electrons. The molecular formula is C15H21FN2O4. The van der Waals surface area contributed by atoms with Gasteiger partial charge in [0.15, 0.2) is 0 Å². The van der Waals surface area contributed by atoms with Crippen LogP contribution < -0.4 is 10.6 Å². The third-order valence-corrected chi connectivity index (χ3v) is 3.03. The van der Waals surface area contributed by atoms with E-state index in [0.717, 1.165) is 0 Å². The summed E-state index contributed by atoms with van der Waals surface area (Å²) >= 11 is 0. The van der Waals surface area contributed by atoms with Crippen molar-refractivity contribution >= 4 is 12.0 Å². The molecular weight excluding hydrogens is 291 g/mol. The van der Waals surface area contributed by atoms with Crippen molar-refractivity contribution in [2.45, 2.75) is 25.4 Å². The number of benzene rings is 1. The van der Waals surface area contributed by atoms with Crippen molar-refractivity contribution in [2.75, 3.05) is 20.2 Å². The number of rotatable bonds is 8. The second-order valence-corrected chi connectivity index (χ2v) is 4.74. The molecule has 0 aliphatic carbocycles. The van der Waals surface area contributed by atoms with Crippen molar-refractivity contribution in [1.82, 2.24) is 10.6 Å². The first-order valence-electron chi connectivity index (χ1n) is 7.05. The van der Waals surface area contributed by atoms with Gasteiger partial charge in [0.25, 0.3) is 0 Å². The van der Waals surface area contributed by atoms with Crippen molar-refractivity contribution in [3.63, 3.8) is 0 Å². The number of halogens is 1. The minimum atomic E-state index is -0.898. The van der Waals surface area contributed by atoms with Gasteiger partial charge in [0, 0.05) is 19.5 Å². The normalized spacial score (nSPS) is 11.6. The molecule has 0 heterocycles. The number of aliphatic hydroxyl groups excluding tert-OH is 1. The predicted octanol–water partition coefficient (Wildman–Crippen LogP) is 1.50. The van der Waals surface area contributed by atoms with E-state index >= 15 is 0 Å². The Morgan fingerprint density at radius 3 is 2.55 bits per heavy atom. The number of esters is 1. The summed E-state index contributed by atoms with van der Waals surface area (Å²) in [6, 6.07) is 5.03. The fourth-order valence-electron chi connectivity index (χ4n) is 1.75. The van der Waals surface area contributed by atoms with Gasteiger partial charge in [0.05, 0.1) is 13.2 Å². The first kappa shape index (κ1) is 17.9. The molecule has 0 aromatic heterocycles. The first-order valence-corrected chi connectivity index (χ1v) is 7.05. The van der Waals surface area contributed by atoms with Crippen molar-refractivity contribution in [3.8, 4) is 0 Å². The van der Waals surface area contributed by atoms with Crippen molar-refractivity contribution in [3.05, 3.63) is 35.6 Å². The average Bonchev–Trinajstić information content (AvgIpc) is 2.52. The second-order valence-electron chi connectivity index (χ2n) is 4.74. The molecule has 0 aliphatic rings. The van der Waals surface area contributed by atoms with Gasteiger partial charge in [-0.3, -0.25) is 4.79 Å². The fourth-order valence-corrected chi connectivity index (χ4v) is 1.75. The Morgan fingerprint density at radius 1 is 1.23 bits per heavy atom. The molecule has 1 atom stereocenters. The molecule has 0 saturated carbocycles. The summed E-state index contributed by atoms with van der Waals surface area (Å²) in [5, 5.41) is 15.0. The van der Waals surface area contributed by atoms with Gasteiger partial charge >= 0.3 is 12.0 Å². The zero-order valence-corrected chi connectivity index (χ0v) is 12.5. The maximum absolute atomic E-state index is 12.7.